The van der Waals surface area contributed by atoms with Gasteiger partial charge in [0, 0.05) is 32.2 Å². The number of hydrogen-bond donors (Lipinski definition) is 2. The van der Waals surface area contributed by atoms with E-state index in [4.69, 9.17) is 0 Å². The third-order valence-corrected chi connectivity index (χ3v) is 4.14. The number of phenols is 1. The predicted molar refractivity (Wildman–Crippen MR) is 85.9 cm³/mol. The lowest BCUT2D eigenvalue weighted by atomic mass is 10.0. The summed E-state index contributed by atoms with van der Waals surface area (Å²) in [6.45, 7) is 9.99. The van der Waals surface area contributed by atoms with Crippen LogP contribution in [0, 0.1) is 5.92 Å². The molecule has 1 heterocycles. The summed E-state index contributed by atoms with van der Waals surface area (Å²) in [4.78, 5) is 16.2. The lowest BCUT2D eigenvalue weighted by molar-refractivity contribution is -0.145. The smallest absolute Gasteiger partial charge is 0.325 e. The van der Waals surface area contributed by atoms with E-state index in [1.807, 2.05) is 4.90 Å². The van der Waals surface area contributed by atoms with Crippen molar-refractivity contribution in [1.29, 1.82) is 0 Å². The van der Waals surface area contributed by atoms with E-state index >= 15 is 0 Å². The van der Waals surface area contributed by atoms with Gasteiger partial charge >= 0.3 is 5.97 Å². The number of carbonyl (C=O) groups is 1. The Bertz CT molecular complexity index is 518. The number of aromatic hydroxyl groups is 1. The van der Waals surface area contributed by atoms with Crippen LogP contribution in [0.4, 0.5) is 0 Å². The van der Waals surface area contributed by atoms with Gasteiger partial charge < -0.3 is 15.1 Å². The highest BCUT2D eigenvalue weighted by Gasteiger charge is 2.34. The van der Waals surface area contributed by atoms with Crippen LogP contribution < -0.4 is 0 Å². The van der Waals surface area contributed by atoms with Crippen molar-refractivity contribution in [3.05, 3.63) is 29.8 Å². The quantitative estimate of drug-likeness (QED) is 0.873. The number of piperazine rings is 1. The number of phenolic OH excluding ortho intramolecular Hbond substituents is 1. The first-order chi connectivity index (χ1) is 10.4. The Kier molecular flexibility index (Phi) is 5.42. The molecule has 22 heavy (non-hydrogen) atoms. The first kappa shape index (κ1) is 16.8. The minimum atomic E-state index is -0.866. The Morgan fingerprint density at radius 2 is 2.09 bits per heavy atom. The highest BCUT2D eigenvalue weighted by molar-refractivity contribution is 5.75. The lowest BCUT2D eigenvalue weighted by Crippen LogP contribution is -2.54. The minimum absolute atomic E-state index is 0.106. The average molecular weight is 306 g/mol. The molecule has 2 N–H and O–H groups in total. The fraction of sp³-hybridized carbons (Fsp3) is 0.588. The van der Waals surface area contributed by atoms with Gasteiger partial charge in [-0.25, -0.2) is 0 Å². The van der Waals surface area contributed by atoms with Gasteiger partial charge in [0.15, 0.2) is 0 Å². The zero-order valence-electron chi connectivity index (χ0n) is 13.6. The molecule has 1 saturated heterocycles. The van der Waals surface area contributed by atoms with E-state index in [-0.39, 0.29) is 11.8 Å². The summed E-state index contributed by atoms with van der Waals surface area (Å²) in [5.74, 6) is -0.148. The molecule has 0 amide bonds. The van der Waals surface area contributed by atoms with Gasteiger partial charge in [-0.3, -0.25) is 9.69 Å². The number of nitrogens with zero attached hydrogens (tertiary/aromatic N) is 2. The highest BCUT2D eigenvalue weighted by atomic mass is 16.4. The monoisotopic (exact) mass is 306 g/mol. The maximum Gasteiger partial charge on any atom is 0.325 e. The molecule has 5 heteroatoms. The Hall–Kier alpha value is -1.59. The molecule has 1 aromatic rings. The zero-order chi connectivity index (χ0) is 16.3. The fourth-order valence-electron chi connectivity index (χ4n) is 3.28. The third kappa shape index (κ3) is 3.99. The first-order valence-corrected chi connectivity index (χ1v) is 7.88. The van der Waals surface area contributed by atoms with E-state index in [1.54, 1.807) is 24.3 Å². The third-order valence-electron chi connectivity index (χ3n) is 4.14. The second-order valence-corrected chi connectivity index (χ2v) is 6.58. The molecule has 1 aliphatic rings. The molecule has 1 aliphatic heterocycles. The largest absolute Gasteiger partial charge is 0.508 e. The number of carboxylic acids is 1. The van der Waals surface area contributed by atoms with Crippen LogP contribution in [-0.2, 0) is 4.79 Å². The van der Waals surface area contributed by atoms with Crippen LogP contribution >= 0.6 is 0 Å². The van der Waals surface area contributed by atoms with Crippen molar-refractivity contribution in [2.45, 2.75) is 32.9 Å². The molecule has 0 saturated carbocycles. The Balaban J connectivity index is 2.15. The number of rotatable bonds is 5. The predicted octanol–water partition coefficient (Wildman–Crippen LogP) is 2.18. The number of benzene rings is 1. The molecule has 1 fully saturated rings. The van der Waals surface area contributed by atoms with Crippen LogP contribution in [0.3, 0.4) is 0 Å². The summed E-state index contributed by atoms with van der Waals surface area (Å²) in [6, 6.07) is 6.03. The van der Waals surface area contributed by atoms with Crippen molar-refractivity contribution >= 4 is 5.97 Å². The minimum Gasteiger partial charge on any atom is -0.508 e. The molecule has 0 aromatic heterocycles. The standard InChI is InChI=1S/C17H26N2O3/c1-12(2)10-18-7-8-19(13(3)11-18)16(17(21)22)14-5-4-6-15(20)9-14/h4-6,9,12-13,16,20H,7-8,10-11H2,1-3H3,(H,21,22). The van der Waals surface area contributed by atoms with Gasteiger partial charge in [-0.1, -0.05) is 26.0 Å². The van der Waals surface area contributed by atoms with Gasteiger partial charge in [-0.2, -0.15) is 0 Å². The summed E-state index contributed by atoms with van der Waals surface area (Å²) in [5.41, 5.74) is 0.636. The SMILES string of the molecule is CC(C)CN1CCN(C(C(=O)O)c2cccc(O)c2)C(C)C1. The van der Waals surface area contributed by atoms with Crippen molar-refractivity contribution in [3.8, 4) is 5.75 Å². The zero-order valence-corrected chi connectivity index (χ0v) is 13.6. The first-order valence-electron chi connectivity index (χ1n) is 7.88. The summed E-state index contributed by atoms with van der Waals surface area (Å²) in [5, 5.41) is 19.3. The lowest BCUT2D eigenvalue weighted by Gasteiger charge is -2.43. The number of carboxylic acid groups (broad SMARTS) is 1. The topological polar surface area (TPSA) is 64.0 Å². The summed E-state index contributed by atoms with van der Waals surface area (Å²) >= 11 is 0. The van der Waals surface area contributed by atoms with Crippen LogP contribution in [0.5, 0.6) is 5.75 Å². The van der Waals surface area contributed by atoms with Crippen molar-refractivity contribution in [2.75, 3.05) is 26.2 Å². The van der Waals surface area contributed by atoms with Crippen molar-refractivity contribution in [2.24, 2.45) is 5.92 Å². The van der Waals surface area contributed by atoms with Gasteiger partial charge in [-0.05, 0) is 30.5 Å². The number of aliphatic carboxylic acids is 1. The van der Waals surface area contributed by atoms with Crippen molar-refractivity contribution < 1.29 is 15.0 Å². The van der Waals surface area contributed by atoms with Crippen LogP contribution in [0.15, 0.2) is 24.3 Å². The molecule has 0 spiro atoms. The Labute approximate surface area is 132 Å². The summed E-state index contributed by atoms with van der Waals surface area (Å²) < 4.78 is 0. The molecule has 5 nitrogen and oxygen atoms in total. The maximum atomic E-state index is 11.8. The maximum absolute atomic E-state index is 11.8. The normalized spacial score (nSPS) is 21.9. The van der Waals surface area contributed by atoms with Gasteiger partial charge in [0.25, 0.3) is 0 Å². The fourth-order valence-corrected chi connectivity index (χ4v) is 3.28. The molecule has 1 aromatic carbocycles. The molecule has 2 atom stereocenters. The second-order valence-electron chi connectivity index (χ2n) is 6.58. The van der Waals surface area contributed by atoms with E-state index in [2.05, 4.69) is 25.7 Å². The van der Waals surface area contributed by atoms with E-state index < -0.39 is 12.0 Å². The van der Waals surface area contributed by atoms with Crippen LogP contribution in [0.1, 0.15) is 32.4 Å². The Morgan fingerprint density at radius 1 is 1.36 bits per heavy atom. The molecule has 0 bridgehead atoms. The van der Waals surface area contributed by atoms with E-state index in [1.165, 1.54) is 0 Å². The highest BCUT2D eigenvalue weighted by Crippen LogP contribution is 2.28. The average Bonchev–Trinajstić information content (AvgIpc) is 2.40. The second kappa shape index (κ2) is 7.11. The van der Waals surface area contributed by atoms with E-state index in [0.717, 1.165) is 26.2 Å². The van der Waals surface area contributed by atoms with Crippen LogP contribution in [0.2, 0.25) is 0 Å². The van der Waals surface area contributed by atoms with Gasteiger partial charge in [-0.15, -0.1) is 0 Å². The van der Waals surface area contributed by atoms with Gasteiger partial charge in [0.2, 0.25) is 0 Å². The molecular weight excluding hydrogens is 280 g/mol. The van der Waals surface area contributed by atoms with Gasteiger partial charge in [0.05, 0.1) is 0 Å². The molecular formula is C17H26N2O3. The Morgan fingerprint density at radius 3 is 2.64 bits per heavy atom. The van der Waals surface area contributed by atoms with E-state index in [9.17, 15) is 15.0 Å². The number of hydrogen-bond acceptors (Lipinski definition) is 4. The van der Waals surface area contributed by atoms with E-state index in [0.29, 0.717) is 11.5 Å². The van der Waals surface area contributed by atoms with Crippen LogP contribution in [0.25, 0.3) is 0 Å². The molecule has 122 valence electrons. The van der Waals surface area contributed by atoms with Gasteiger partial charge in [0.1, 0.15) is 11.8 Å². The van der Waals surface area contributed by atoms with Crippen molar-refractivity contribution in [1.82, 2.24) is 9.80 Å². The summed E-state index contributed by atoms with van der Waals surface area (Å²) in [6.07, 6.45) is 0. The van der Waals surface area contributed by atoms with Crippen molar-refractivity contribution in [3.63, 3.8) is 0 Å². The molecule has 2 unspecified atom stereocenters. The molecule has 2 rings (SSSR count). The molecule has 0 aliphatic carbocycles. The summed E-state index contributed by atoms with van der Waals surface area (Å²) in [7, 11) is 0. The van der Waals surface area contributed by atoms with Crippen LogP contribution in [-0.4, -0.2) is 58.2 Å². The molecule has 0 radical (unpaired) electrons.